The molecular weight excluding hydrogens is 237 g/mol. The quantitative estimate of drug-likeness (QED) is 0.797. The van der Waals surface area contributed by atoms with E-state index in [2.05, 4.69) is 15.9 Å². The Kier molecular flexibility index (Phi) is 3.14. The molecule has 0 saturated carbocycles. The van der Waals surface area contributed by atoms with Gasteiger partial charge in [-0.1, -0.05) is 0 Å². The Hall–Kier alpha value is -0.770. The zero-order chi connectivity index (χ0) is 10.0. The Morgan fingerprint density at radius 3 is 2.38 bits per heavy atom. The molecule has 0 aromatic heterocycles. The Morgan fingerprint density at radius 1 is 1.38 bits per heavy atom. The molecule has 0 radical (unpaired) electrons. The van der Waals surface area contributed by atoms with Gasteiger partial charge in [-0.15, -0.1) is 0 Å². The van der Waals surface area contributed by atoms with E-state index in [0.717, 1.165) is 0 Å². The molecule has 0 atom stereocenters. The fraction of sp³-hybridized carbons (Fsp3) is 0.333. The number of anilines is 1. The van der Waals surface area contributed by atoms with Crippen molar-refractivity contribution in [1.29, 1.82) is 0 Å². The Balaban J connectivity index is 3.23. The van der Waals surface area contributed by atoms with E-state index in [0.29, 0.717) is 15.9 Å². The second kappa shape index (κ2) is 3.96. The van der Waals surface area contributed by atoms with Crippen LogP contribution in [0.1, 0.15) is 0 Å². The molecule has 72 valence electrons. The third-order valence-corrected chi connectivity index (χ3v) is 2.28. The van der Waals surface area contributed by atoms with Crippen molar-refractivity contribution < 1.29 is 9.13 Å². The summed E-state index contributed by atoms with van der Waals surface area (Å²) in [5.41, 5.74) is 0.529. The van der Waals surface area contributed by atoms with E-state index in [9.17, 15) is 4.39 Å². The summed E-state index contributed by atoms with van der Waals surface area (Å²) in [6.45, 7) is 0. The van der Waals surface area contributed by atoms with Gasteiger partial charge in [0.25, 0.3) is 0 Å². The van der Waals surface area contributed by atoms with E-state index in [1.807, 2.05) is 0 Å². The molecule has 0 aliphatic rings. The Morgan fingerprint density at radius 2 is 2.00 bits per heavy atom. The summed E-state index contributed by atoms with van der Waals surface area (Å²) in [7, 11) is 5.09. The Bertz CT molecular complexity index is 291. The van der Waals surface area contributed by atoms with Crippen LogP contribution in [0.25, 0.3) is 0 Å². The first-order valence-electron chi connectivity index (χ1n) is 3.76. The van der Waals surface area contributed by atoms with E-state index in [1.54, 1.807) is 25.1 Å². The van der Waals surface area contributed by atoms with Gasteiger partial charge >= 0.3 is 0 Å². The minimum absolute atomic E-state index is 0.295. The molecule has 1 rings (SSSR count). The van der Waals surface area contributed by atoms with Crippen LogP contribution in [0.2, 0.25) is 0 Å². The van der Waals surface area contributed by atoms with Crippen LogP contribution in [0.15, 0.2) is 16.6 Å². The maximum Gasteiger partial charge on any atom is 0.151 e. The van der Waals surface area contributed by atoms with Crippen molar-refractivity contribution >= 4 is 21.6 Å². The summed E-state index contributed by atoms with van der Waals surface area (Å²) in [4.78, 5) is 1.71. The largest absolute Gasteiger partial charge is 0.497 e. The second-order valence-corrected chi connectivity index (χ2v) is 3.69. The highest BCUT2D eigenvalue weighted by molar-refractivity contribution is 9.10. The number of benzene rings is 1. The van der Waals surface area contributed by atoms with Gasteiger partial charge in [-0.25, -0.2) is 4.39 Å². The summed E-state index contributed by atoms with van der Waals surface area (Å²) in [6, 6.07) is 3.10. The molecule has 0 bridgehead atoms. The topological polar surface area (TPSA) is 12.5 Å². The van der Waals surface area contributed by atoms with Crippen molar-refractivity contribution in [2.24, 2.45) is 0 Å². The van der Waals surface area contributed by atoms with Crippen LogP contribution in [0, 0.1) is 5.82 Å². The minimum Gasteiger partial charge on any atom is -0.497 e. The summed E-state index contributed by atoms with van der Waals surface area (Å²) >= 11 is 3.28. The van der Waals surface area contributed by atoms with E-state index in [-0.39, 0.29) is 5.82 Å². The average molecular weight is 248 g/mol. The molecule has 0 spiro atoms. The first kappa shape index (κ1) is 10.3. The molecule has 2 nitrogen and oxygen atoms in total. The van der Waals surface area contributed by atoms with Crippen molar-refractivity contribution in [3.8, 4) is 5.75 Å². The first-order valence-corrected chi connectivity index (χ1v) is 4.56. The summed E-state index contributed by atoms with van der Waals surface area (Å²) in [5.74, 6) is 0.214. The van der Waals surface area contributed by atoms with Gasteiger partial charge in [0.05, 0.1) is 12.8 Å². The van der Waals surface area contributed by atoms with Gasteiger partial charge in [0.2, 0.25) is 0 Å². The lowest BCUT2D eigenvalue weighted by Gasteiger charge is -2.16. The van der Waals surface area contributed by atoms with E-state index in [1.165, 1.54) is 13.2 Å². The standard InChI is InChI=1S/C9H11BrFNO/c1-12(2)9-7(10)4-6(13-3)5-8(9)11/h4-5H,1-3H3. The van der Waals surface area contributed by atoms with Crippen molar-refractivity contribution in [1.82, 2.24) is 0 Å². The number of halogens is 2. The molecule has 0 saturated heterocycles. The smallest absolute Gasteiger partial charge is 0.151 e. The maximum atomic E-state index is 13.4. The predicted molar refractivity (Wildman–Crippen MR) is 55.0 cm³/mol. The second-order valence-electron chi connectivity index (χ2n) is 2.83. The van der Waals surface area contributed by atoms with Crippen LogP contribution in [-0.4, -0.2) is 21.2 Å². The monoisotopic (exact) mass is 247 g/mol. The van der Waals surface area contributed by atoms with Gasteiger partial charge in [-0.2, -0.15) is 0 Å². The number of nitrogens with zero attached hydrogens (tertiary/aromatic N) is 1. The number of ether oxygens (including phenoxy) is 1. The lowest BCUT2D eigenvalue weighted by atomic mass is 10.2. The third kappa shape index (κ3) is 2.12. The fourth-order valence-corrected chi connectivity index (χ4v) is 1.86. The third-order valence-electron chi connectivity index (χ3n) is 1.67. The van der Waals surface area contributed by atoms with Crippen LogP contribution >= 0.6 is 15.9 Å². The van der Waals surface area contributed by atoms with E-state index < -0.39 is 0 Å². The zero-order valence-electron chi connectivity index (χ0n) is 7.77. The maximum absolute atomic E-state index is 13.4. The highest BCUT2D eigenvalue weighted by Gasteiger charge is 2.10. The Labute approximate surface area is 85.4 Å². The van der Waals surface area contributed by atoms with Gasteiger partial charge in [0.1, 0.15) is 5.75 Å². The molecule has 4 heteroatoms. The molecule has 0 aliphatic carbocycles. The van der Waals surface area contributed by atoms with Gasteiger partial charge < -0.3 is 9.64 Å². The van der Waals surface area contributed by atoms with Crippen molar-refractivity contribution in [2.75, 3.05) is 26.1 Å². The summed E-state index contributed by atoms with van der Waals surface area (Å²) < 4.78 is 19.0. The van der Waals surface area contributed by atoms with Crippen LogP contribution in [0.4, 0.5) is 10.1 Å². The van der Waals surface area contributed by atoms with E-state index >= 15 is 0 Å². The summed E-state index contributed by atoms with van der Waals surface area (Å²) in [5, 5.41) is 0. The van der Waals surface area contributed by atoms with Gasteiger partial charge in [-0.3, -0.25) is 0 Å². The van der Waals surface area contributed by atoms with Crippen LogP contribution in [0.5, 0.6) is 5.75 Å². The number of hydrogen-bond acceptors (Lipinski definition) is 2. The lowest BCUT2D eigenvalue weighted by molar-refractivity contribution is 0.411. The highest BCUT2D eigenvalue weighted by Crippen LogP contribution is 2.31. The minimum atomic E-state index is -0.295. The number of rotatable bonds is 2. The predicted octanol–water partition coefficient (Wildman–Crippen LogP) is 2.66. The van der Waals surface area contributed by atoms with Gasteiger partial charge in [-0.05, 0) is 22.0 Å². The molecule has 1 aromatic carbocycles. The first-order chi connectivity index (χ1) is 6.06. The number of hydrogen-bond donors (Lipinski definition) is 0. The molecule has 0 heterocycles. The van der Waals surface area contributed by atoms with Crippen molar-refractivity contribution in [3.63, 3.8) is 0 Å². The highest BCUT2D eigenvalue weighted by atomic mass is 79.9. The number of methoxy groups -OCH3 is 1. The molecule has 0 fully saturated rings. The fourth-order valence-electron chi connectivity index (χ4n) is 1.09. The van der Waals surface area contributed by atoms with Crippen molar-refractivity contribution in [2.45, 2.75) is 0 Å². The van der Waals surface area contributed by atoms with E-state index in [4.69, 9.17) is 4.74 Å². The molecule has 0 unspecified atom stereocenters. The molecular formula is C9H11BrFNO. The molecule has 1 aromatic rings. The normalized spacial score (nSPS) is 9.92. The van der Waals surface area contributed by atoms with Crippen LogP contribution in [0.3, 0.4) is 0 Å². The van der Waals surface area contributed by atoms with Gasteiger partial charge in [0.15, 0.2) is 5.82 Å². The van der Waals surface area contributed by atoms with Crippen molar-refractivity contribution in [3.05, 3.63) is 22.4 Å². The zero-order valence-corrected chi connectivity index (χ0v) is 9.35. The summed E-state index contributed by atoms with van der Waals surface area (Å²) in [6.07, 6.45) is 0. The molecule has 0 aliphatic heterocycles. The molecule has 0 N–H and O–H groups in total. The van der Waals surface area contributed by atoms with Crippen LogP contribution < -0.4 is 9.64 Å². The SMILES string of the molecule is COc1cc(F)c(N(C)C)c(Br)c1. The molecule has 0 amide bonds. The average Bonchev–Trinajstić information content (AvgIpc) is 2.02. The van der Waals surface area contributed by atoms with Gasteiger partial charge in [0, 0.05) is 24.6 Å². The molecule has 13 heavy (non-hydrogen) atoms. The lowest BCUT2D eigenvalue weighted by Crippen LogP contribution is -2.11. The van der Waals surface area contributed by atoms with Crippen LogP contribution in [-0.2, 0) is 0 Å².